The fraction of sp³-hybridized carbons (Fsp3) is 0.0667. The third-order valence-corrected chi connectivity index (χ3v) is 4.57. The molecule has 0 atom stereocenters. The topological polar surface area (TPSA) is 116 Å². The highest BCUT2D eigenvalue weighted by molar-refractivity contribution is 7.97. The summed E-state index contributed by atoms with van der Waals surface area (Å²) in [6.45, 7) is 0. The van der Waals surface area contributed by atoms with Crippen LogP contribution < -0.4 is 20.1 Å². The van der Waals surface area contributed by atoms with E-state index in [2.05, 4.69) is 15.4 Å². The lowest BCUT2D eigenvalue weighted by molar-refractivity contribution is 0.256. The second-order valence-electron chi connectivity index (χ2n) is 4.71. The van der Waals surface area contributed by atoms with Crippen LogP contribution >= 0.6 is 11.9 Å². The summed E-state index contributed by atoms with van der Waals surface area (Å²) in [4.78, 5) is 23.2. The van der Waals surface area contributed by atoms with E-state index < -0.39 is 22.1 Å². The summed E-state index contributed by atoms with van der Waals surface area (Å²) in [5, 5.41) is 4.90. The Bertz CT molecular complexity index is 857. The van der Waals surface area contributed by atoms with Crippen LogP contribution in [0.25, 0.3) is 0 Å². The molecule has 2 rings (SSSR count). The highest BCUT2D eigenvalue weighted by atomic mass is 32.2. The van der Waals surface area contributed by atoms with Gasteiger partial charge in [0.25, 0.3) is 10.0 Å². The first-order chi connectivity index (χ1) is 11.9. The van der Waals surface area contributed by atoms with E-state index >= 15 is 0 Å². The zero-order valence-corrected chi connectivity index (χ0v) is 14.8. The SMILES string of the molecule is CSNC(=O)Nc1cccc(S(=O)(=O)NC(=O)Nc2ccccc2)c1. The van der Waals surface area contributed by atoms with Crippen molar-refractivity contribution in [3.63, 3.8) is 0 Å². The molecule has 2 aromatic carbocycles. The molecular formula is C15H16N4O4S2. The molecule has 0 aliphatic rings. The van der Waals surface area contributed by atoms with E-state index in [9.17, 15) is 18.0 Å². The molecule has 0 saturated carbocycles. The molecule has 25 heavy (non-hydrogen) atoms. The summed E-state index contributed by atoms with van der Waals surface area (Å²) >= 11 is 1.10. The number of hydrogen-bond donors (Lipinski definition) is 4. The van der Waals surface area contributed by atoms with Gasteiger partial charge in [0.1, 0.15) is 0 Å². The molecular weight excluding hydrogens is 364 g/mol. The molecule has 132 valence electrons. The van der Waals surface area contributed by atoms with Crippen molar-refractivity contribution in [1.29, 1.82) is 0 Å². The van der Waals surface area contributed by atoms with Gasteiger partial charge in [-0.15, -0.1) is 0 Å². The standard InChI is InChI=1S/C15H16N4O4S2/c1-24-18-14(20)17-12-8-5-9-13(10-12)25(22,23)19-15(21)16-11-6-3-2-4-7-11/h2-10H,1H3,(H2,16,19,21)(H2,17,18,20). The number of rotatable bonds is 5. The van der Waals surface area contributed by atoms with E-state index in [1.54, 1.807) is 36.6 Å². The second kappa shape index (κ2) is 8.40. The third-order valence-electron chi connectivity index (χ3n) is 2.86. The van der Waals surface area contributed by atoms with Crippen molar-refractivity contribution in [2.45, 2.75) is 4.90 Å². The predicted octanol–water partition coefficient (Wildman–Crippen LogP) is 2.60. The fourth-order valence-electron chi connectivity index (χ4n) is 1.85. The predicted molar refractivity (Wildman–Crippen MR) is 97.9 cm³/mol. The number of hydrogen-bond acceptors (Lipinski definition) is 5. The number of anilines is 2. The van der Waals surface area contributed by atoms with Gasteiger partial charge in [-0.3, -0.25) is 4.72 Å². The smallest absolute Gasteiger partial charge is 0.307 e. The average Bonchev–Trinajstić information content (AvgIpc) is 2.55. The number of urea groups is 2. The van der Waals surface area contributed by atoms with Crippen molar-refractivity contribution >= 4 is 45.4 Å². The van der Waals surface area contributed by atoms with Gasteiger partial charge in [-0.2, -0.15) is 0 Å². The zero-order chi connectivity index (χ0) is 18.3. The summed E-state index contributed by atoms with van der Waals surface area (Å²) in [5.74, 6) is 0. The first-order valence-corrected chi connectivity index (χ1v) is 9.70. The van der Waals surface area contributed by atoms with Gasteiger partial charge in [0.2, 0.25) is 0 Å². The molecule has 0 fully saturated rings. The van der Waals surface area contributed by atoms with Crippen molar-refractivity contribution in [3.05, 3.63) is 54.6 Å². The van der Waals surface area contributed by atoms with Crippen LogP contribution in [0.4, 0.5) is 21.0 Å². The molecule has 0 bridgehead atoms. The summed E-state index contributed by atoms with van der Waals surface area (Å²) in [7, 11) is -4.09. The monoisotopic (exact) mass is 380 g/mol. The third kappa shape index (κ3) is 5.69. The molecule has 0 spiro atoms. The number of carbonyl (C=O) groups excluding carboxylic acids is 2. The van der Waals surface area contributed by atoms with Crippen LogP contribution in [-0.4, -0.2) is 26.7 Å². The van der Waals surface area contributed by atoms with Crippen molar-refractivity contribution in [2.24, 2.45) is 0 Å². The summed E-state index contributed by atoms with van der Waals surface area (Å²) in [6.07, 6.45) is 1.68. The van der Waals surface area contributed by atoms with Gasteiger partial charge in [-0.05, 0) is 30.3 Å². The quantitative estimate of drug-likeness (QED) is 0.595. The Kier molecular flexibility index (Phi) is 6.25. The molecule has 10 heteroatoms. The molecule has 0 aliphatic heterocycles. The number of nitrogens with one attached hydrogen (secondary N) is 4. The van der Waals surface area contributed by atoms with Crippen molar-refractivity contribution in [1.82, 2.24) is 9.44 Å². The van der Waals surface area contributed by atoms with Crippen LogP contribution in [0.15, 0.2) is 59.5 Å². The fourth-order valence-corrected chi connectivity index (χ4v) is 3.04. The minimum Gasteiger partial charge on any atom is -0.307 e. The van der Waals surface area contributed by atoms with E-state index in [1.807, 2.05) is 4.72 Å². The first-order valence-electron chi connectivity index (χ1n) is 6.99. The van der Waals surface area contributed by atoms with Crippen LogP contribution in [0.5, 0.6) is 0 Å². The normalized spacial score (nSPS) is 10.6. The van der Waals surface area contributed by atoms with Gasteiger partial charge in [0.15, 0.2) is 0 Å². The van der Waals surface area contributed by atoms with Crippen LogP contribution in [0, 0.1) is 0 Å². The zero-order valence-electron chi connectivity index (χ0n) is 13.1. The van der Waals surface area contributed by atoms with E-state index in [4.69, 9.17) is 0 Å². The van der Waals surface area contributed by atoms with Gasteiger partial charge >= 0.3 is 12.1 Å². The molecule has 0 aliphatic carbocycles. The number of benzene rings is 2. The van der Waals surface area contributed by atoms with Crippen molar-refractivity contribution in [2.75, 3.05) is 16.9 Å². The maximum atomic E-state index is 12.3. The van der Waals surface area contributed by atoms with Crippen LogP contribution in [0.1, 0.15) is 0 Å². The summed E-state index contributed by atoms with van der Waals surface area (Å²) in [6, 6.07) is 12.6. The molecule has 0 unspecified atom stereocenters. The van der Waals surface area contributed by atoms with Crippen molar-refractivity contribution < 1.29 is 18.0 Å². The first kappa shape index (κ1) is 18.6. The molecule has 0 heterocycles. The summed E-state index contributed by atoms with van der Waals surface area (Å²) < 4.78 is 28.9. The molecule has 0 saturated heterocycles. The molecule has 0 radical (unpaired) electrons. The maximum Gasteiger partial charge on any atom is 0.333 e. The van der Waals surface area contributed by atoms with Gasteiger partial charge in [0.05, 0.1) is 4.90 Å². The van der Waals surface area contributed by atoms with Crippen LogP contribution in [0.3, 0.4) is 0 Å². The van der Waals surface area contributed by atoms with Gasteiger partial charge in [-0.25, -0.2) is 22.7 Å². The number of carbonyl (C=O) groups is 2. The molecule has 8 nitrogen and oxygen atoms in total. The Morgan fingerprint density at radius 3 is 2.20 bits per heavy atom. The lowest BCUT2D eigenvalue weighted by atomic mass is 10.3. The van der Waals surface area contributed by atoms with Crippen LogP contribution in [0.2, 0.25) is 0 Å². The Balaban J connectivity index is 2.08. The Morgan fingerprint density at radius 2 is 1.52 bits per heavy atom. The van der Waals surface area contributed by atoms with E-state index in [0.717, 1.165) is 11.9 Å². The maximum absolute atomic E-state index is 12.3. The summed E-state index contributed by atoms with van der Waals surface area (Å²) in [5.41, 5.74) is 0.734. The average molecular weight is 380 g/mol. The van der Waals surface area contributed by atoms with Gasteiger partial charge < -0.3 is 10.6 Å². The molecule has 4 amide bonds. The largest absolute Gasteiger partial charge is 0.333 e. The number of amides is 4. The van der Waals surface area contributed by atoms with E-state index in [1.165, 1.54) is 24.3 Å². The Hall–Kier alpha value is -2.72. The number of para-hydroxylation sites is 1. The lowest BCUT2D eigenvalue weighted by Crippen LogP contribution is -2.34. The number of sulfonamides is 1. The van der Waals surface area contributed by atoms with Crippen molar-refractivity contribution in [3.8, 4) is 0 Å². The Labute approximate surface area is 149 Å². The Morgan fingerprint density at radius 1 is 0.880 bits per heavy atom. The molecule has 4 N–H and O–H groups in total. The molecule has 0 aromatic heterocycles. The minimum atomic E-state index is -4.09. The molecule has 2 aromatic rings. The van der Waals surface area contributed by atoms with Crippen LogP contribution in [-0.2, 0) is 10.0 Å². The minimum absolute atomic E-state index is 0.155. The van der Waals surface area contributed by atoms with E-state index in [-0.39, 0.29) is 10.6 Å². The van der Waals surface area contributed by atoms with E-state index in [0.29, 0.717) is 5.69 Å². The highest BCUT2D eigenvalue weighted by Gasteiger charge is 2.18. The van der Waals surface area contributed by atoms with Gasteiger partial charge in [-0.1, -0.05) is 36.2 Å². The second-order valence-corrected chi connectivity index (χ2v) is 7.01. The van der Waals surface area contributed by atoms with Gasteiger partial charge in [0, 0.05) is 17.6 Å². The highest BCUT2D eigenvalue weighted by Crippen LogP contribution is 2.16. The lowest BCUT2D eigenvalue weighted by Gasteiger charge is -2.10.